The predicted octanol–water partition coefficient (Wildman–Crippen LogP) is 2.51. The average molecular weight is 360 g/mol. The molecule has 0 spiro atoms. The molecule has 5 nitrogen and oxygen atoms in total. The molecule has 20 heavy (non-hydrogen) atoms. The summed E-state index contributed by atoms with van der Waals surface area (Å²) in [4.78, 5) is 12.4. The van der Waals surface area contributed by atoms with E-state index in [4.69, 9.17) is 11.6 Å². The zero-order valence-electron chi connectivity index (χ0n) is 10.6. The monoisotopic (exact) mass is 358 g/mol. The predicted molar refractivity (Wildman–Crippen MR) is 78.7 cm³/mol. The minimum absolute atomic E-state index is 0.221. The van der Waals surface area contributed by atoms with Gasteiger partial charge in [0.25, 0.3) is 0 Å². The Morgan fingerprint density at radius 3 is 2.80 bits per heavy atom. The van der Waals surface area contributed by atoms with E-state index < -0.39 is 6.10 Å². The quantitative estimate of drug-likeness (QED) is 0.822. The van der Waals surface area contributed by atoms with Gasteiger partial charge in [0, 0.05) is 11.0 Å². The smallest absolute Gasteiger partial charge is 0.336 e. The summed E-state index contributed by atoms with van der Waals surface area (Å²) in [5, 5.41) is 20.6. The normalized spacial score (nSPS) is 17.5. The molecule has 2 N–H and O–H groups in total. The topological polar surface area (TPSA) is 67.4 Å². The van der Waals surface area contributed by atoms with Gasteiger partial charge >= 0.3 is 5.69 Å². The van der Waals surface area contributed by atoms with Crippen LogP contribution in [0.25, 0.3) is 5.69 Å². The van der Waals surface area contributed by atoms with Gasteiger partial charge in [0.15, 0.2) is 0 Å². The number of aromatic hydroxyl groups is 1. The maximum Gasteiger partial charge on any atom is 0.336 e. The number of benzene rings is 1. The van der Waals surface area contributed by atoms with Crippen molar-refractivity contribution in [3.8, 4) is 11.6 Å². The van der Waals surface area contributed by atoms with Crippen molar-refractivity contribution >= 4 is 27.5 Å². The lowest BCUT2D eigenvalue weighted by Crippen LogP contribution is -2.22. The maximum absolute atomic E-state index is 12.4. The van der Waals surface area contributed by atoms with Crippen LogP contribution < -0.4 is 5.69 Å². The molecule has 7 heteroatoms. The molecule has 1 atom stereocenters. The minimum atomic E-state index is -0.810. The first-order chi connectivity index (χ1) is 9.43. The van der Waals surface area contributed by atoms with Crippen LogP contribution in [0.5, 0.6) is 5.88 Å². The Kier molecular flexibility index (Phi) is 3.19. The lowest BCUT2D eigenvalue weighted by atomic mass is 10.2. The van der Waals surface area contributed by atoms with E-state index in [2.05, 4.69) is 15.9 Å². The molecule has 1 aromatic carbocycles. The van der Waals surface area contributed by atoms with Gasteiger partial charge in [-0.3, -0.25) is 4.57 Å². The van der Waals surface area contributed by atoms with Crippen LogP contribution in [0.1, 0.15) is 23.8 Å². The third-order valence-electron chi connectivity index (χ3n) is 3.65. The largest absolute Gasteiger partial charge is 0.493 e. The molecule has 0 aliphatic carbocycles. The summed E-state index contributed by atoms with van der Waals surface area (Å²) in [6.45, 7) is 2.17. The number of aliphatic hydroxyl groups is 1. The second kappa shape index (κ2) is 4.65. The molecule has 0 bridgehead atoms. The highest BCUT2D eigenvalue weighted by molar-refractivity contribution is 9.10. The van der Waals surface area contributed by atoms with Crippen molar-refractivity contribution < 1.29 is 10.2 Å². The van der Waals surface area contributed by atoms with Gasteiger partial charge in [-0.05, 0) is 47.0 Å². The molecule has 1 aromatic heterocycles. The standard InChI is InChI=1S/C13H12BrClN2O3/c1-6-8(3-2-7(14)10(6)15)17-12(19)11-9(18)4-5-16(11)13(17)20/h2-3,9,18-19H,4-5H2,1H3/t9-/m1/s1. The highest BCUT2D eigenvalue weighted by Crippen LogP contribution is 2.36. The number of hydrogen-bond acceptors (Lipinski definition) is 3. The average Bonchev–Trinajstić information content (AvgIpc) is 2.90. The maximum atomic E-state index is 12.4. The number of fused-ring (bicyclic) bond motifs is 1. The first-order valence-corrected chi connectivity index (χ1v) is 7.28. The third-order valence-corrected chi connectivity index (χ3v) is 5.02. The summed E-state index contributed by atoms with van der Waals surface area (Å²) in [5.74, 6) is -0.221. The number of halogens is 2. The summed E-state index contributed by atoms with van der Waals surface area (Å²) in [6, 6.07) is 3.42. The molecule has 0 unspecified atom stereocenters. The first-order valence-electron chi connectivity index (χ1n) is 6.11. The van der Waals surface area contributed by atoms with Gasteiger partial charge in [-0.1, -0.05) is 11.6 Å². The Balaban J connectivity index is 2.31. The SMILES string of the molecule is Cc1c(-n2c(O)c3n(c2=O)CC[C@H]3O)ccc(Br)c1Cl. The molecule has 106 valence electrons. The number of aromatic nitrogens is 2. The number of rotatable bonds is 1. The van der Waals surface area contributed by atoms with Gasteiger partial charge in [-0.15, -0.1) is 0 Å². The van der Waals surface area contributed by atoms with Crippen LogP contribution in [0.2, 0.25) is 5.02 Å². The second-order valence-electron chi connectivity index (χ2n) is 4.79. The molecule has 2 heterocycles. The Labute approximate surface area is 128 Å². The van der Waals surface area contributed by atoms with Crippen LogP contribution in [0, 0.1) is 6.92 Å². The molecule has 0 fully saturated rings. The molecule has 1 aliphatic rings. The molecular weight excluding hydrogens is 348 g/mol. The fourth-order valence-electron chi connectivity index (χ4n) is 2.58. The van der Waals surface area contributed by atoms with Crippen LogP contribution in [-0.2, 0) is 6.54 Å². The van der Waals surface area contributed by atoms with Gasteiger partial charge in [0.2, 0.25) is 5.88 Å². The molecule has 0 saturated carbocycles. The Morgan fingerprint density at radius 1 is 1.45 bits per heavy atom. The fraction of sp³-hybridized carbons (Fsp3) is 0.308. The van der Waals surface area contributed by atoms with Crippen molar-refractivity contribution in [3.63, 3.8) is 0 Å². The van der Waals surface area contributed by atoms with Crippen molar-refractivity contribution in [1.82, 2.24) is 9.13 Å². The molecular formula is C13H12BrClN2O3. The van der Waals surface area contributed by atoms with Crippen molar-refractivity contribution in [2.75, 3.05) is 0 Å². The molecule has 2 aromatic rings. The lowest BCUT2D eigenvalue weighted by molar-refractivity contribution is 0.175. The highest BCUT2D eigenvalue weighted by atomic mass is 79.9. The molecule has 0 radical (unpaired) electrons. The van der Waals surface area contributed by atoms with E-state index in [0.717, 1.165) is 4.47 Å². The fourth-order valence-corrected chi connectivity index (χ4v) is 3.17. The Hall–Kier alpha value is -1.24. The van der Waals surface area contributed by atoms with Crippen molar-refractivity contribution in [1.29, 1.82) is 0 Å². The highest BCUT2D eigenvalue weighted by Gasteiger charge is 2.31. The van der Waals surface area contributed by atoms with Crippen molar-refractivity contribution in [2.24, 2.45) is 0 Å². The summed E-state index contributed by atoms with van der Waals surface area (Å²) in [6.07, 6.45) is -0.367. The van der Waals surface area contributed by atoms with E-state index in [1.54, 1.807) is 19.1 Å². The minimum Gasteiger partial charge on any atom is -0.493 e. The summed E-state index contributed by atoms with van der Waals surface area (Å²) < 4.78 is 3.31. The Morgan fingerprint density at radius 2 is 2.15 bits per heavy atom. The third kappa shape index (κ3) is 1.75. The van der Waals surface area contributed by atoms with E-state index in [1.165, 1.54) is 9.13 Å². The van der Waals surface area contributed by atoms with Gasteiger partial charge in [0.1, 0.15) is 11.8 Å². The van der Waals surface area contributed by atoms with Crippen LogP contribution in [0.3, 0.4) is 0 Å². The second-order valence-corrected chi connectivity index (χ2v) is 6.02. The van der Waals surface area contributed by atoms with Crippen molar-refractivity contribution in [2.45, 2.75) is 26.0 Å². The molecule has 0 saturated heterocycles. The van der Waals surface area contributed by atoms with E-state index in [-0.39, 0.29) is 17.3 Å². The summed E-state index contributed by atoms with van der Waals surface area (Å²) in [7, 11) is 0. The number of nitrogens with zero attached hydrogens (tertiary/aromatic N) is 2. The molecule has 3 rings (SSSR count). The zero-order chi connectivity index (χ0) is 14.6. The van der Waals surface area contributed by atoms with E-state index >= 15 is 0 Å². The number of hydrogen-bond donors (Lipinski definition) is 2. The number of aliphatic hydroxyl groups excluding tert-OH is 1. The van der Waals surface area contributed by atoms with E-state index in [1.807, 2.05) is 0 Å². The summed E-state index contributed by atoms with van der Waals surface area (Å²) in [5.41, 5.74) is 1.09. The molecule has 1 aliphatic heterocycles. The van der Waals surface area contributed by atoms with Gasteiger partial charge in [-0.2, -0.15) is 0 Å². The van der Waals surface area contributed by atoms with Crippen LogP contribution in [-0.4, -0.2) is 19.3 Å². The number of imidazole rings is 1. The first kappa shape index (κ1) is 13.7. The van der Waals surface area contributed by atoms with E-state index in [0.29, 0.717) is 29.2 Å². The van der Waals surface area contributed by atoms with Crippen LogP contribution >= 0.6 is 27.5 Å². The van der Waals surface area contributed by atoms with Gasteiger partial charge in [0.05, 0.1) is 10.7 Å². The van der Waals surface area contributed by atoms with Crippen LogP contribution in [0.15, 0.2) is 21.4 Å². The van der Waals surface area contributed by atoms with Gasteiger partial charge in [-0.25, -0.2) is 9.36 Å². The van der Waals surface area contributed by atoms with E-state index in [9.17, 15) is 15.0 Å². The lowest BCUT2D eigenvalue weighted by Gasteiger charge is -2.11. The molecule has 0 amide bonds. The zero-order valence-corrected chi connectivity index (χ0v) is 12.9. The van der Waals surface area contributed by atoms with Crippen LogP contribution in [0.4, 0.5) is 0 Å². The van der Waals surface area contributed by atoms with Gasteiger partial charge < -0.3 is 10.2 Å². The summed E-state index contributed by atoms with van der Waals surface area (Å²) >= 11 is 9.48. The van der Waals surface area contributed by atoms with Crippen molar-refractivity contribution in [3.05, 3.63) is 43.4 Å². The Bertz CT molecular complexity index is 766.